The van der Waals surface area contributed by atoms with Gasteiger partial charge in [0.15, 0.2) is 0 Å². The minimum atomic E-state index is 0.601. The predicted octanol–water partition coefficient (Wildman–Crippen LogP) is 4.26. The van der Waals surface area contributed by atoms with E-state index in [2.05, 4.69) is 60.6 Å². The zero-order valence-electron chi connectivity index (χ0n) is 8.18. The van der Waals surface area contributed by atoms with Gasteiger partial charge in [0.05, 0.1) is 0 Å². The van der Waals surface area contributed by atoms with Gasteiger partial charge in [-0.15, -0.1) is 0 Å². The zero-order valence-corrected chi connectivity index (χ0v) is 9.76. The van der Waals surface area contributed by atoms with Gasteiger partial charge in [0.25, 0.3) is 0 Å². The molecule has 0 heterocycles. The van der Waals surface area contributed by atoms with Gasteiger partial charge in [0.2, 0.25) is 0 Å². The second-order valence-electron chi connectivity index (χ2n) is 3.59. The molecular formula is C12H15Br. The third-order valence-corrected chi connectivity index (χ3v) is 2.29. The lowest BCUT2D eigenvalue weighted by Crippen LogP contribution is -1.90. The van der Waals surface area contributed by atoms with Crippen LogP contribution in [0.5, 0.6) is 0 Å². The summed E-state index contributed by atoms with van der Waals surface area (Å²) in [5, 5.41) is 0. The molecule has 0 radical (unpaired) electrons. The van der Waals surface area contributed by atoms with Crippen molar-refractivity contribution in [2.75, 3.05) is 0 Å². The summed E-state index contributed by atoms with van der Waals surface area (Å²) in [5.41, 5.74) is 2.72. The normalized spacial score (nSPS) is 10.5. The first kappa shape index (κ1) is 10.5. The van der Waals surface area contributed by atoms with E-state index in [-0.39, 0.29) is 0 Å². The van der Waals surface area contributed by atoms with Crippen LogP contribution in [-0.4, -0.2) is 0 Å². The molecule has 0 saturated carbocycles. The van der Waals surface area contributed by atoms with Gasteiger partial charge in [-0.05, 0) is 21.5 Å². The van der Waals surface area contributed by atoms with E-state index < -0.39 is 0 Å². The van der Waals surface area contributed by atoms with Crippen LogP contribution in [0.2, 0.25) is 0 Å². The van der Waals surface area contributed by atoms with Gasteiger partial charge < -0.3 is 0 Å². The third kappa shape index (κ3) is 3.35. The van der Waals surface area contributed by atoms with Crippen molar-refractivity contribution in [1.29, 1.82) is 0 Å². The smallest absolute Gasteiger partial charge is 0.00348 e. The first-order chi connectivity index (χ1) is 6.09. The Bertz CT molecular complexity index is 300. The van der Waals surface area contributed by atoms with Gasteiger partial charge in [-0.1, -0.05) is 60.6 Å². The molecule has 0 N–H and O–H groups in total. The Morgan fingerprint density at radius 2 is 2.15 bits per heavy atom. The average Bonchev–Trinajstić information content (AvgIpc) is 2.03. The summed E-state index contributed by atoms with van der Waals surface area (Å²) < 4.78 is 1.04. The first-order valence-electron chi connectivity index (χ1n) is 4.51. The number of hydrogen-bond donors (Lipinski definition) is 0. The fraction of sp³-hybridized carbons (Fsp3) is 0.333. The van der Waals surface area contributed by atoms with E-state index in [1.165, 1.54) is 11.1 Å². The molecule has 0 aromatic heterocycles. The lowest BCUT2D eigenvalue weighted by molar-refractivity contribution is 0.863. The van der Waals surface area contributed by atoms with Gasteiger partial charge in [0, 0.05) is 6.42 Å². The van der Waals surface area contributed by atoms with Gasteiger partial charge in [-0.3, -0.25) is 0 Å². The molecule has 0 fully saturated rings. The van der Waals surface area contributed by atoms with E-state index in [0.717, 1.165) is 10.9 Å². The summed E-state index contributed by atoms with van der Waals surface area (Å²) in [4.78, 5) is 0. The molecule has 0 aliphatic rings. The molecule has 0 atom stereocenters. The molecule has 1 aromatic rings. The molecule has 0 saturated heterocycles. The van der Waals surface area contributed by atoms with Crippen molar-refractivity contribution < 1.29 is 0 Å². The van der Waals surface area contributed by atoms with Crippen molar-refractivity contribution >= 4 is 15.9 Å². The highest BCUT2D eigenvalue weighted by Gasteiger charge is 2.00. The number of rotatable bonds is 3. The lowest BCUT2D eigenvalue weighted by atomic mass is 10.00. The summed E-state index contributed by atoms with van der Waals surface area (Å²) in [7, 11) is 0. The van der Waals surface area contributed by atoms with E-state index in [0.29, 0.717) is 5.92 Å². The van der Waals surface area contributed by atoms with Crippen LogP contribution in [-0.2, 0) is 6.42 Å². The second-order valence-corrected chi connectivity index (χ2v) is 4.72. The Kier molecular flexibility index (Phi) is 3.73. The molecular weight excluding hydrogens is 224 g/mol. The van der Waals surface area contributed by atoms with Crippen molar-refractivity contribution in [2.24, 2.45) is 0 Å². The predicted molar refractivity (Wildman–Crippen MR) is 62.3 cm³/mol. The van der Waals surface area contributed by atoms with E-state index in [9.17, 15) is 0 Å². The van der Waals surface area contributed by atoms with Crippen molar-refractivity contribution in [3.05, 3.63) is 46.5 Å². The number of hydrogen-bond acceptors (Lipinski definition) is 0. The fourth-order valence-corrected chi connectivity index (χ4v) is 1.61. The quantitative estimate of drug-likeness (QED) is 0.739. The highest BCUT2D eigenvalue weighted by atomic mass is 79.9. The van der Waals surface area contributed by atoms with E-state index >= 15 is 0 Å². The Labute approximate surface area is 88.8 Å². The molecule has 0 aliphatic carbocycles. The Hall–Kier alpha value is -0.560. The molecule has 1 heteroatoms. The van der Waals surface area contributed by atoms with Gasteiger partial charge in [-0.25, -0.2) is 0 Å². The Morgan fingerprint density at radius 3 is 2.69 bits per heavy atom. The van der Waals surface area contributed by atoms with Crippen molar-refractivity contribution in [3.8, 4) is 0 Å². The van der Waals surface area contributed by atoms with E-state index in [4.69, 9.17) is 0 Å². The molecule has 1 aromatic carbocycles. The zero-order chi connectivity index (χ0) is 9.84. The highest BCUT2D eigenvalue weighted by Crippen LogP contribution is 2.18. The minimum Gasteiger partial charge on any atom is -0.0885 e. The second kappa shape index (κ2) is 4.61. The van der Waals surface area contributed by atoms with Gasteiger partial charge in [-0.2, -0.15) is 0 Å². The third-order valence-electron chi connectivity index (χ3n) is 2.01. The molecule has 1 rings (SSSR count). The number of allylic oxidation sites excluding steroid dienone is 1. The van der Waals surface area contributed by atoms with Crippen LogP contribution in [0.4, 0.5) is 0 Å². The molecule has 0 bridgehead atoms. The topological polar surface area (TPSA) is 0 Å². The van der Waals surface area contributed by atoms with Crippen LogP contribution >= 0.6 is 15.9 Å². The van der Waals surface area contributed by atoms with Crippen LogP contribution in [0.25, 0.3) is 0 Å². The number of benzene rings is 1. The Morgan fingerprint density at radius 1 is 1.46 bits per heavy atom. The highest BCUT2D eigenvalue weighted by molar-refractivity contribution is 9.11. The monoisotopic (exact) mass is 238 g/mol. The van der Waals surface area contributed by atoms with E-state index in [1.54, 1.807) is 0 Å². The molecule has 0 aliphatic heterocycles. The summed E-state index contributed by atoms with van der Waals surface area (Å²) in [6.45, 7) is 8.26. The molecule has 0 nitrogen and oxygen atoms in total. The molecule has 70 valence electrons. The van der Waals surface area contributed by atoms with Crippen LogP contribution in [0.15, 0.2) is 35.3 Å². The lowest BCUT2D eigenvalue weighted by Gasteiger charge is -2.07. The number of halogens is 1. The van der Waals surface area contributed by atoms with Crippen molar-refractivity contribution in [2.45, 2.75) is 26.2 Å². The van der Waals surface area contributed by atoms with Gasteiger partial charge in [0.1, 0.15) is 0 Å². The van der Waals surface area contributed by atoms with Crippen LogP contribution in [0, 0.1) is 0 Å². The maximum Gasteiger partial charge on any atom is 0.00348 e. The molecule has 0 amide bonds. The largest absolute Gasteiger partial charge is 0.0885 e. The SMILES string of the molecule is C=C(Br)Cc1cccc(C(C)C)c1. The van der Waals surface area contributed by atoms with Crippen molar-refractivity contribution in [3.63, 3.8) is 0 Å². The van der Waals surface area contributed by atoms with E-state index in [1.807, 2.05) is 0 Å². The molecule has 13 heavy (non-hydrogen) atoms. The van der Waals surface area contributed by atoms with Crippen LogP contribution in [0.3, 0.4) is 0 Å². The fourth-order valence-electron chi connectivity index (χ4n) is 1.28. The molecule has 0 unspecified atom stereocenters. The van der Waals surface area contributed by atoms with Crippen LogP contribution < -0.4 is 0 Å². The first-order valence-corrected chi connectivity index (χ1v) is 5.31. The average molecular weight is 239 g/mol. The summed E-state index contributed by atoms with van der Waals surface area (Å²) in [5.74, 6) is 0.601. The van der Waals surface area contributed by atoms with Gasteiger partial charge >= 0.3 is 0 Å². The van der Waals surface area contributed by atoms with Crippen molar-refractivity contribution in [1.82, 2.24) is 0 Å². The summed E-state index contributed by atoms with van der Waals surface area (Å²) in [6.07, 6.45) is 0.917. The van der Waals surface area contributed by atoms with Crippen LogP contribution in [0.1, 0.15) is 30.9 Å². The summed E-state index contributed by atoms with van der Waals surface area (Å²) >= 11 is 3.38. The maximum atomic E-state index is 3.84. The summed E-state index contributed by atoms with van der Waals surface area (Å²) in [6, 6.07) is 8.67. The Balaban J connectivity index is 2.85. The maximum absolute atomic E-state index is 3.84. The minimum absolute atomic E-state index is 0.601. The standard InChI is InChI=1S/C12H15Br/c1-9(2)12-6-4-5-11(8-12)7-10(3)13/h4-6,8-9H,3,7H2,1-2H3. The molecule has 0 spiro atoms.